The van der Waals surface area contributed by atoms with Crippen molar-refractivity contribution in [3.63, 3.8) is 0 Å². The van der Waals surface area contributed by atoms with Crippen molar-refractivity contribution < 1.29 is 0 Å². The molecule has 0 saturated carbocycles. The van der Waals surface area contributed by atoms with Crippen molar-refractivity contribution in [2.24, 2.45) is 0 Å². The van der Waals surface area contributed by atoms with Gasteiger partial charge in [-0.3, -0.25) is 5.10 Å². The molecule has 0 radical (unpaired) electrons. The summed E-state index contributed by atoms with van der Waals surface area (Å²) in [6.07, 6.45) is 1.82. The van der Waals surface area contributed by atoms with Crippen molar-refractivity contribution in [3.05, 3.63) is 72.9 Å². The van der Waals surface area contributed by atoms with Gasteiger partial charge in [0.15, 0.2) is 5.65 Å². The second-order valence-corrected chi connectivity index (χ2v) is 5.78. The quantitative estimate of drug-likeness (QED) is 0.525. The summed E-state index contributed by atoms with van der Waals surface area (Å²) < 4.78 is 1.85. The molecular weight excluding hydrogens is 312 g/mol. The van der Waals surface area contributed by atoms with Gasteiger partial charge in [-0.05, 0) is 30.3 Å². The second kappa shape index (κ2) is 5.45. The van der Waals surface area contributed by atoms with Gasteiger partial charge in [0.2, 0.25) is 5.95 Å². The average molecular weight is 326 g/mol. The Morgan fingerprint density at radius 2 is 1.84 bits per heavy atom. The number of aromatic nitrogens is 5. The number of benzene rings is 2. The zero-order valence-corrected chi connectivity index (χ0v) is 13.2. The zero-order chi connectivity index (χ0) is 16.6. The average Bonchev–Trinajstić information content (AvgIpc) is 3.27. The van der Waals surface area contributed by atoms with Crippen LogP contribution in [0.1, 0.15) is 0 Å². The van der Waals surface area contributed by atoms with Crippen LogP contribution in [-0.4, -0.2) is 24.8 Å². The third-order valence-electron chi connectivity index (χ3n) is 4.13. The van der Waals surface area contributed by atoms with Crippen LogP contribution >= 0.6 is 0 Å². The number of fused-ring (bicyclic) bond motifs is 2. The van der Waals surface area contributed by atoms with E-state index in [4.69, 9.17) is 0 Å². The first-order chi connectivity index (χ1) is 12.4. The molecule has 3 aromatic heterocycles. The summed E-state index contributed by atoms with van der Waals surface area (Å²) in [5.41, 5.74) is 4.78. The topological polar surface area (TPSA) is 70.9 Å². The molecule has 5 rings (SSSR count). The maximum absolute atomic E-state index is 4.62. The number of aromatic amines is 1. The Kier molecular flexibility index (Phi) is 3.00. The molecule has 3 heterocycles. The van der Waals surface area contributed by atoms with Crippen LogP contribution in [0.5, 0.6) is 0 Å². The fourth-order valence-electron chi connectivity index (χ4n) is 2.92. The summed E-state index contributed by atoms with van der Waals surface area (Å²) in [5, 5.41) is 16.0. The molecule has 0 spiro atoms. The second-order valence-electron chi connectivity index (χ2n) is 5.78. The lowest BCUT2D eigenvalue weighted by molar-refractivity contribution is 0.974. The molecule has 6 nitrogen and oxygen atoms in total. The molecule has 2 N–H and O–H groups in total. The van der Waals surface area contributed by atoms with Crippen molar-refractivity contribution in [2.45, 2.75) is 0 Å². The Balaban J connectivity index is 1.61. The molecule has 0 atom stereocenters. The molecule has 2 aromatic carbocycles. The molecular formula is C19H14N6. The minimum atomic E-state index is 0.571. The number of pyridine rings is 1. The maximum atomic E-state index is 4.62. The molecule has 5 aromatic rings. The summed E-state index contributed by atoms with van der Waals surface area (Å²) in [6.45, 7) is 0. The van der Waals surface area contributed by atoms with E-state index < -0.39 is 0 Å². The summed E-state index contributed by atoms with van der Waals surface area (Å²) in [7, 11) is 0. The summed E-state index contributed by atoms with van der Waals surface area (Å²) in [5.74, 6) is 0.571. The normalized spacial score (nSPS) is 11.2. The van der Waals surface area contributed by atoms with Crippen molar-refractivity contribution in [1.82, 2.24) is 24.8 Å². The van der Waals surface area contributed by atoms with Crippen LogP contribution < -0.4 is 5.32 Å². The Morgan fingerprint density at radius 3 is 2.76 bits per heavy atom. The lowest BCUT2D eigenvalue weighted by Gasteiger charge is -2.04. The molecule has 0 aliphatic heterocycles. The highest BCUT2D eigenvalue weighted by atomic mass is 15.4. The van der Waals surface area contributed by atoms with Gasteiger partial charge in [-0.15, -0.1) is 5.10 Å². The van der Waals surface area contributed by atoms with Gasteiger partial charge < -0.3 is 5.32 Å². The SMILES string of the molecule is c1ccc(Nc2nc3cccc(-c4ccc5cn[nH]c5c4)n3n2)cc1. The van der Waals surface area contributed by atoms with Gasteiger partial charge in [0.25, 0.3) is 0 Å². The Morgan fingerprint density at radius 1 is 0.920 bits per heavy atom. The number of hydrogen-bond donors (Lipinski definition) is 2. The summed E-state index contributed by atoms with van der Waals surface area (Å²) >= 11 is 0. The van der Waals surface area contributed by atoms with E-state index in [1.54, 1.807) is 0 Å². The van der Waals surface area contributed by atoms with E-state index in [0.29, 0.717) is 5.95 Å². The first-order valence-corrected chi connectivity index (χ1v) is 7.98. The summed E-state index contributed by atoms with van der Waals surface area (Å²) in [4.78, 5) is 4.57. The minimum absolute atomic E-state index is 0.571. The number of nitrogens with zero attached hydrogens (tertiary/aromatic N) is 4. The Hall–Kier alpha value is -3.67. The number of H-pyrrole nitrogens is 1. The first kappa shape index (κ1) is 13.7. The van der Waals surface area contributed by atoms with Gasteiger partial charge in [0, 0.05) is 16.6 Å². The van der Waals surface area contributed by atoms with Gasteiger partial charge in [-0.25, -0.2) is 4.52 Å². The van der Waals surface area contributed by atoms with Crippen LogP contribution in [0.4, 0.5) is 11.6 Å². The van der Waals surface area contributed by atoms with Gasteiger partial charge in [0.1, 0.15) is 0 Å². The lowest BCUT2D eigenvalue weighted by atomic mass is 10.1. The van der Waals surface area contributed by atoms with Crippen LogP contribution in [0.3, 0.4) is 0 Å². The fraction of sp³-hybridized carbons (Fsp3) is 0. The molecule has 0 saturated heterocycles. The summed E-state index contributed by atoms with van der Waals surface area (Å²) in [6, 6.07) is 22.1. The van der Waals surface area contributed by atoms with Gasteiger partial charge in [0.05, 0.1) is 17.4 Å². The van der Waals surface area contributed by atoms with Crippen LogP contribution in [0.15, 0.2) is 72.9 Å². The third kappa shape index (κ3) is 2.40. The third-order valence-corrected chi connectivity index (χ3v) is 4.13. The maximum Gasteiger partial charge on any atom is 0.247 e. The molecule has 25 heavy (non-hydrogen) atoms. The van der Waals surface area contributed by atoms with Gasteiger partial charge >= 0.3 is 0 Å². The number of para-hydroxylation sites is 1. The van der Waals surface area contributed by atoms with Crippen molar-refractivity contribution in [3.8, 4) is 11.3 Å². The van der Waals surface area contributed by atoms with Crippen molar-refractivity contribution >= 4 is 28.2 Å². The molecule has 0 bridgehead atoms. The number of hydrogen-bond acceptors (Lipinski definition) is 4. The lowest BCUT2D eigenvalue weighted by Crippen LogP contribution is -1.95. The van der Waals surface area contributed by atoms with E-state index in [-0.39, 0.29) is 0 Å². The van der Waals surface area contributed by atoms with E-state index in [1.807, 2.05) is 65.3 Å². The predicted octanol–water partition coefficient (Wildman–Crippen LogP) is 4.02. The molecule has 6 heteroatoms. The van der Waals surface area contributed by atoms with Gasteiger partial charge in [-0.1, -0.05) is 36.4 Å². The Bertz CT molecular complexity index is 1170. The molecule has 120 valence electrons. The van der Waals surface area contributed by atoms with E-state index in [0.717, 1.165) is 33.5 Å². The van der Waals surface area contributed by atoms with Crippen LogP contribution in [0, 0.1) is 0 Å². The minimum Gasteiger partial charge on any atom is -0.323 e. The molecule has 0 unspecified atom stereocenters. The molecule has 0 fully saturated rings. The van der Waals surface area contributed by atoms with E-state index in [9.17, 15) is 0 Å². The highest BCUT2D eigenvalue weighted by Gasteiger charge is 2.10. The predicted molar refractivity (Wildman–Crippen MR) is 97.8 cm³/mol. The number of rotatable bonds is 3. The molecule has 0 aliphatic carbocycles. The number of nitrogens with one attached hydrogen (secondary N) is 2. The number of anilines is 2. The first-order valence-electron chi connectivity index (χ1n) is 7.98. The Labute approximate surface area is 143 Å². The van der Waals surface area contributed by atoms with E-state index >= 15 is 0 Å². The van der Waals surface area contributed by atoms with Crippen molar-refractivity contribution in [1.29, 1.82) is 0 Å². The monoisotopic (exact) mass is 326 g/mol. The zero-order valence-electron chi connectivity index (χ0n) is 13.2. The van der Waals surface area contributed by atoms with Crippen LogP contribution in [0.2, 0.25) is 0 Å². The largest absolute Gasteiger partial charge is 0.323 e. The highest BCUT2D eigenvalue weighted by molar-refractivity contribution is 5.83. The molecule has 0 aliphatic rings. The van der Waals surface area contributed by atoms with E-state index in [2.05, 4.69) is 37.7 Å². The molecule has 0 amide bonds. The standard InChI is InChI=1S/C19H14N6/c1-2-5-15(6-3-1)21-19-22-18-8-4-7-17(25(18)24-19)13-9-10-14-12-20-23-16(14)11-13/h1-12H,(H,20,23)(H,21,24). The van der Waals surface area contributed by atoms with E-state index in [1.165, 1.54) is 0 Å². The van der Waals surface area contributed by atoms with Crippen LogP contribution in [0.25, 0.3) is 27.8 Å². The highest BCUT2D eigenvalue weighted by Crippen LogP contribution is 2.24. The smallest absolute Gasteiger partial charge is 0.247 e. The van der Waals surface area contributed by atoms with Gasteiger partial charge in [-0.2, -0.15) is 10.1 Å². The van der Waals surface area contributed by atoms with Crippen LogP contribution in [-0.2, 0) is 0 Å². The fourth-order valence-corrected chi connectivity index (χ4v) is 2.92. The van der Waals surface area contributed by atoms with Crippen molar-refractivity contribution in [2.75, 3.05) is 5.32 Å².